The van der Waals surface area contributed by atoms with Crippen LogP contribution in [0, 0.1) is 5.92 Å². The van der Waals surface area contributed by atoms with Gasteiger partial charge in [0.1, 0.15) is 11.8 Å². The van der Waals surface area contributed by atoms with E-state index in [2.05, 4.69) is 5.16 Å². The maximum Gasteiger partial charge on any atom is 0.410 e. The molecule has 1 amide bonds. The summed E-state index contributed by atoms with van der Waals surface area (Å²) in [5.74, 6) is -0.120. The number of amides is 1. The van der Waals surface area contributed by atoms with Crippen molar-refractivity contribution < 1.29 is 19.5 Å². The summed E-state index contributed by atoms with van der Waals surface area (Å²) in [7, 11) is 0. The van der Waals surface area contributed by atoms with Crippen molar-refractivity contribution in [3.63, 3.8) is 0 Å². The zero-order valence-electron chi connectivity index (χ0n) is 11.8. The fourth-order valence-electron chi connectivity index (χ4n) is 2.13. The Hall–Kier alpha value is -1.59. The molecule has 1 aliphatic heterocycles. The van der Waals surface area contributed by atoms with Crippen molar-refractivity contribution in [2.45, 2.75) is 45.6 Å². The molecule has 0 saturated carbocycles. The molecule has 1 saturated heterocycles. The van der Waals surface area contributed by atoms with Gasteiger partial charge in [-0.2, -0.15) is 0 Å². The van der Waals surface area contributed by atoms with Crippen molar-refractivity contribution in [3.05, 3.63) is 0 Å². The number of likely N-dealkylation sites (tertiary alicyclic amines) is 1. The van der Waals surface area contributed by atoms with Gasteiger partial charge in [0.05, 0.1) is 0 Å². The van der Waals surface area contributed by atoms with E-state index in [1.54, 1.807) is 4.90 Å². The van der Waals surface area contributed by atoms with Gasteiger partial charge in [0.15, 0.2) is 5.78 Å². The van der Waals surface area contributed by atoms with Crippen LogP contribution in [0.25, 0.3) is 0 Å². The second-order valence-electron chi connectivity index (χ2n) is 5.85. The molecule has 1 aliphatic rings. The molecule has 0 bridgehead atoms. The Kier molecular flexibility index (Phi) is 5.32. The highest BCUT2D eigenvalue weighted by atomic mass is 16.6. The number of ketones is 1. The van der Waals surface area contributed by atoms with Crippen molar-refractivity contribution in [2.24, 2.45) is 11.1 Å². The summed E-state index contributed by atoms with van der Waals surface area (Å²) >= 11 is 0. The third-order valence-electron chi connectivity index (χ3n) is 2.86. The molecule has 1 atom stereocenters. The van der Waals surface area contributed by atoms with E-state index < -0.39 is 5.60 Å². The molecule has 0 aromatic heterocycles. The minimum absolute atomic E-state index is 0.103. The van der Waals surface area contributed by atoms with Crippen molar-refractivity contribution >= 4 is 18.1 Å². The average molecular weight is 270 g/mol. The molecule has 1 rings (SSSR count). The van der Waals surface area contributed by atoms with Gasteiger partial charge in [-0.25, -0.2) is 4.79 Å². The van der Waals surface area contributed by atoms with E-state index in [0.717, 1.165) is 19.1 Å². The molecule has 0 aliphatic carbocycles. The van der Waals surface area contributed by atoms with Crippen LogP contribution in [0.1, 0.15) is 40.0 Å². The van der Waals surface area contributed by atoms with Crippen LogP contribution < -0.4 is 0 Å². The summed E-state index contributed by atoms with van der Waals surface area (Å²) in [6, 6.07) is 0. The van der Waals surface area contributed by atoms with Gasteiger partial charge in [-0.3, -0.25) is 4.79 Å². The third-order valence-corrected chi connectivity index (χ3v) is 2.86. The highest BCUT2D eigenvalue weighted by molar-refractivity contribution is 6.27. The van der Waals surface area contributed by atoms with Crippen molar-refractivity contribution in [1.29, 1.82) is 0 Å². The number of hydrogen-bond donors (Lipinski definition) is 1. The average Bonchev–Trinajstić information content (AvgIpc) is 2.27. The van der Waals surface area contributed by atoms with Crippen LogP contribution in [0.4, 0.5) is 4.79 Å². The summed E-state index contributed by atoms with van der Waals surface area (Å²) in [5, 5.41) is 11.0. The number of oxime groups is 1. The predicted molar refractivity (Wildman–Crippen MR) is 70.4 cm³/mol. The highest BCUT2D eigenvalue weighted by Gasteiger charge is 2.28. The van der Waals surface area contributed by atoms with Gasteiger partial charge in [0.25, 0.3) is 0 Å². The predicted octanol–water partition coefficient (Wildman–Crippen LogP) is 2.05. The number of hydrogen-bond acceptors (Lipinski definition) is 5. The van der Waals surface area contributed by atoms with Crippen LogP contribution in [0.15, 0.2) is 5.16 Å². The van der Waals surface area contributed by atoms with Crippen LogP contribution in [-0.4, -0.2) is 46.9 Å². The van der Waals surface area contributed by atoms with Crippen LogP contribution in [0.2, 0.25) is 0 Å². The van der Waals surface area contributed by atoms with E-state index in [1.165, 1.54) is 0 Å². The summed E-state index contributed by atoms with van der Waals surface area (Å²) < 4.78 is 5.31. The molecule has 108 valence electrons. The number of carbonyl (C=O) groups is 2. The molecular formula is C13H22N2O4. The van der Waals surface area contributed by atoms with Crippen molar-refractivity contribution in [3.8, 4) is 0 Å². The molecule has 0 aromatic rings. The van der Waals surface area contributed by atoms with E-state index in [1.807, 2.05) is 20.8 Å². The quantitative estimate of drug-likeness (QED) is 0.483. The first-order chi connectivity index (χ1) is 8.81. The lowest BCUT2D eigenvalue weighted by molar-refractivity contribution is -0.113. The molecule has 19 heavy (non-hydrogen) atoms. The second-order valence-corrected chi connectivity index (χ2v) is 5.85. The summed E-state index contributed by atoms with van der Waals surface area (Å²) in [6.07, 6.45) is 2.62. The summed E-state index contributed by atoms with van der Waals surface area (Å²) in [6.45, 7) is 6.66. The molecule has 0 spiro atoms. The maximum absolute atomic E-state index is 11.9. The SMILES string of the molecule is CC(C)(C)OC(=O)N1CCC[C@H](CC(=O)/C=N/O)C1. The first-order valence-electron chi connectivity index (χ1n) is 6.50. The minimum Gasteiger partial charge on any atom is -0.444 e. The van der Waals surface area contributed by atoms with Crippen LogP contribution in [0.5, 0.6) is 0 Å². The lowest BCUT2D eigenvalue weighted by atomic mass is 9.93. The monoisotopic (exact) mass is 270 g/mol. The smallest absolute Gasteiger partial charge is 0.410 e. The van der Waals surface area contributed by atoms with Gasteiger partial charge in [-0.1, -0.05) is 5.16 Å². The van der Waals surface area contributed by atoms with E-state index in [0.29, 0.717) is 19.5 Å². The van der Waals surface area contributed by atoms with Crippen LogP contribution >= 0.6 is 0 Å². The lowest BCUT2D eigenvalue weighted by Crippen LogP contribution is -2.43. The number of ether oxygens (including phenoxy) is 1. The molecule has 0 aromatic carbocycles. The number of carbonyl (C=O) groups excluding carboxylic acids is 2. The van der Waals surface area contributed by atoms with E-state index in [4.69, 9.17) is 9.94 Å². The largest absolute Gasteiger partial charge is 0.444 e. The molecule has 6 nitrogen and oxygen atoms in total. The first-order valence-corrected chi connectivity index (χ1v) is 6.50. The summed E-state index contributed by atoms with van der Waals surface area (Å²) in [5.41, 5.74) is -0.511. The Morgan fingerprint density at radius 3 is 2.74 bits per heavy atom. The molecular weight excluding hydrogens is 248 g/mol. The zero-order chi connectivity index (χ0) is 14.5. The second kappa shape index (κ2) is 6.54. The van der Waals surface area contributed by atoms with Crippen LogP contribution in [0.3, 0.4) is 0 Å². The Labute approximate surface area is 113 Å². The fraction of sp³-hybridized carbons (Fsp3) is 0.769. The molecule has 1 N–H and O–H groups in total. The number of rotatable bonds is 3. The maximum atomic E-state index is 11.9. The molecule has 0 unspecified atom stereocenters. The standard InChI is InChI=1S/C13H22N2O4/c1-13(2,3)19-12(17)15-6-4-5-10(9-15)7-11(16)8-14-18/h8,10,18H,4-7,9H2,1-3H3/b14-8+/t10-/m1/s1. The lowest BCUT2D eigenvalue weighted by Gasteiger charge is -2.33. The minimum atomic E-state index is -0.511. The van der Waals surface area contributed by atoms with E-state index >= 15 is 0 Å². The van der Waals surface area contributed by atoms with Crippen molar-refractivity contribution in [2.75, 3.05) is 13.1 Å². The molecule has 6 heteroatoms. The van der Waals surface area contributed by atoms with Gasteiger partial charge in [-0.05, 0) is 39.5 Å². The van der Waals surface area contributed by atoms with Gasteiger partial charge in [0.2, 0.25) is 0 Å². The zero-order valence-corrected chi connectivity index (χ0v) is 11.8. The van der Waals surface area contributed by atoms with Gasteiger partial charge in [0, 0.05) is 19.5 Å². The molecule has 1 heterocycles. The van der Waals surface area contributed by atoms with Gasteiger partial charge >= 0.3 is 6.09 Å². The topological polar surface area (TPSA) is 79.2 Å². The number of Topliss-reactive ketones (excluding diaryl/α,β-unsaturated/α-hetero) is 1. The molecule has 0 radical (unpaired) electrons. The van der Waals surface area contributed by atoms with Gasteiger partial charge < -0.3 is 14.8 Å². The normalized spacial score (nSPS) is 20.6. The van der Waals surface area contributed by atoms with Crippen molar-refractivity contribution in [1.82, 2.24) is 4.90 Å². The van der Waals surface area contributed by atoms with E-state index in [-0.39, 0.29) is 17.8 Å². The van der Waals surface area contributed by atoms with Gasteiger partial charge in [-0.15, -0.1) is 0 Å². The molecule has 1 fully saturated rings. The highest BCUT2D eigenvalue weighted by Crippen LogP contribution is 2.21. The Morgan fingerprint density at radius 1 is 1.47 bits per heavy atom. The van der Waals surface area contributed by atoms with E-state index in [9.17, 15) is 9.59 Å². The Balaban J connectivity index is 2.50. The summed E-state index contributed by atoms with van der Waals surface area (Å²) in [4.78, 5) is 24.9. The Bertz CT molecular complexity index is 360. The number of nitrogens with zero attached hydrogens (tertiary/aromatic N) is 2. The van der Waals surface area contributed by atoms with Crippen LogP contribution in [-0.2, 0) is 9.53 Å². The Morgan fingerprint density at radius 2 is 2.16 bits per heavy atom. The first kappa shape index (κ1) is 15.5. The number of piperidine rings is 1. The fourth-order valence-corrected chi connectivity index (χ4v) is 2.13. The third kappa shape index (κ3) is 5.72.